The van der Waals surface area contributed by atoms with Crippen LogP contribution in [0.1, 0.15) is 27.7 Å². The van der Waals surface area contributed by atoms with Gasteiger partial charge in [0.1, 0.15) is 18.5 Å². The number of para-hydroxylation sites is 1. The number of esters is 4. The predicted octanol–water partition coefficient (Wildman–Crippen LogP) is 1.80. The van der Waals surface area contributed by atoms with Crippen molar-refractivity contribution in [1.29, 1.82) is 0 Å². The summed E-state index contributed by atoms with van der Waals surface area (Å²) in [5.74, 6) is -2.59. The third-order valence-corrected chi connectivity index (χ3v) is 4.34. The topological polar surface area (TPSA) is 124 Å². The van der Waals surface area contributed by atoms with E-state index < -0.39 is 54.6 Å². The van der Waals surface area contributed by atoms with Crippen molar-refractivity contribution in [3.63, 3.8) is 0 Å². The lowest BCUT2D eigenvalue weighted by Gasteiger charge is -2.43. The monoisotopic (exact) mass is 458 g/mol. The van der Waals surface area contributed by atoms with Gasteiger partial charge in [-0.2, -0.15) is 0 Å². The van der Waals surface area contributed by atoms with Gasteiger partial charge < -0.3 is 28.4 Å². The van der Waals surface area contributed by atoms with Crippen LogP contribution in [0.4, 0.5) is 0 Å². The van der Waals surface area contributed by atoms with Gasteiger partial charge >= 0.3 is 23.9 Å². The molecule has 1 aliphatic heterocycles. The third-order valence-electron chi connectivity index (χ3n) is 4.03. The van der Waals surface area contributed by atoms with Crippen LogP contribution < -0.4 is 4.74 Å². The molecule has 2 unspecified atom stereocenters. The first-order chi connectivity index (χ1) is 14.6. The molecule has 0 aliphatic carbocycles. The fourth-order valence-corrected chi connectivity index (χ4v) is 3.13. The van der Waals surface area contributed by atoms with Gasteiger partial charge in [0.2, 0.25) is 12.4 Å². The number of halogens is 1. The molecule has 0 amide bonds. The second-order valence-electron chi connectivity index (χ2n) is 6.62. The first kappa shape index (κ1) is 24.4. The van der Waals surface area contributed by atoms with Crippen LogP contribution in [0.2, 0.25) is 5.02 Å². The molecule has 2 rings (SSSR count). The highest BCUT2D eigenvalue weighted by Gasteiger charge is 2.53. The Kier molecular flexibility index (Phi) is 8.64. The largest absolute Gasteiger partial charge is 0.463 e. The van der Waals surface area contributed by atoms with Gasteiger partial charge in [-0.15, -0.1) is 0 Å². The summed E-state index contributed by atoms with van der Waals surface area (Å²) in [4.78, 5) is 46.5. The Morgan fingerprint density at radius 3 is 1.94 bits per heavy atom. The van der Waals surface area contributed by atoms with Gasteiger partial charge in [-0.3, -0.25) is 19.2 Å². The Labute approximate surface area is 183 Å². The molecule has 0 N–H and O–H groups in total. The first-order valence-corrected chi connectivity index (χ1v) is 9.68. The van der Waals surface area contributed by atoms with Crippen LogP contribution in [0, 0.1) is 0 Å². The van der Waals surface area contributed by atoms with Crippen molar-refractivity contribution in [3.05, 3.63) is 29.3 Å². The van der Waals surface area contributed by atoms with E-state index in [2.05, 4.69) is 0 Å². The zero-order valence-electron chi connectivity index (χ0n) is 17.4. The molecular formula is C20H23ClO10. The van der Waals surface area contributed by atoms with Crippen molar-refractivity contribution in [2.45, 2.75) is 58.4 Å². The maximum atomic E-state index is 11.8. The maximum Gasteiger partial charge on any atom is 0.303 e. The fourth-order valence-electron chi connectivity index (χ4n) is 2.95. The summed E-state index contributed by atoms with van der Waals surface area (Å²) >= 11 is 6.14. The Morgan fingerprint density at radius 1 is 0.839 bits per heavy atom. The Bertz CT molecular complexity index is 826. The van der Waals surface area contributed by atoms with Crippen molar-refractivity contribution in [1.82, 2.24) is 0 Å². The Hall–Kier alpha value is -2.85. The number of carbonyl (C=O) groups excluding carboxylic acids is 4. The van der Waals surface area contributed by atoms with Gasteiger partial charge in [-0.1, -0.05) is 23.7 Å². The van der Waals surface area contributed by atoms with E-state index in [1.807, 2.05) is 0 Å². The summed E-state index contributed by atoms with van der Waals surface area (Å²) in [5.41, 5.74) is 0. The second kappa shape index (κ2) is 11.0. The molecule has 1 heterocycles. The van der Waals surface area contributed by atoms with Gasteiger partial charge in [-0.05, 0) is 12.1 Å². The van der Waals surface area contributed by atoms with Crippen molar-refractivity contribution in [3.8, 4) is 5.75 Å². The number of carbonyl (C=O) groups is 4. The molecule has 0 radical (unpaired) electrons. The average molecular weight is 459 g/mol. The first-order valence-electron chi connectivity index (χ1n) is 9.30. The fraction of sp³-hybridized carbons (Fsp3) is 0.500. The lowest BCUT2D eigenvalue weighted by Crippen LogP contribution is -2.63. The molecule has 1 aliphatic rings. The summed E-state index contributed by atoms with van der Waals surface area (Å²) in [6, 6.07) is 6.47. The van der Waals surface area contributed by atoms with E-state index >= 15 is 0 Å². The van der Waals surface area contributed by atoms with Crippen molar-refractivity contribution >= 4 is 35.5 Å². The minimum Gasteiger partial charge on any atom is -0.463 e. The minimum absolute atomic E-state index is 0.199. The Morgan fingerprint density at radius 2 is 1.39 bits per heavy atom. The molecule has 31 heavy (non-hydrogen) atoms. The predicted molar refractivity (Wildman–Crippen MR) is 104 cm³/mol. The summed E-state index contributed by atoms with van der Waals surface area (Å²) in [7, 11) is 0. The SMILES string of the molecule is CC(=O)OCC1O[C@@H](Oc2ccccc2Cl)C(OC(C)=O)[C@@H](OC(C)=O)[C@@H]1OC(C)=O. The number of benzene rings is 1. The lowest BCUT2D eigenvalue weighted by molar-refractivity contribution is -0.288. The molecule has 1 aromatic carbocycles. The van der Waals surface area contributed by atoms with E-state index in [1.54, 1.807) is 24.3 Å². The van der Waals surface area contributed by atoms with E-state index in [4.69, 9.17) is 40.0 Å². The van der Waals surface area contributed by atoms with E-state index in [-0.39, 0.29) is 17.4 Å². The summed E-state index contributed by atoms with van der Waals surface area (Å²) < 4.78 is 32.5. The zero-order chi connectivity index (χ0) is 23.1. The van der Waals surface area contributed by atoms with Crippen LogP contribution >= 0.6 is 11.6 Å². The Balaban J connectivity index is 2.46. The van der Waals surface area contributed by atoms with Crippen LogP contribution in [0.3, 0.4) is 0 Å². The smallest absolute Gasteiger partial charge is 0.303 e. The van der Waals surface area contributed by atoms with Crippen molar-refractivity contribution in [2.75, 3.05) is 6.61 Å². The molecule has 1 saturated heterocycles. The van der Waals surface area contributed by atoms with E-state index in [1.165, 1.54) is 6.92 Å². The van der Waals surface area contributed by atoms with Crippen LogP contribution in [0.15, 0.2) is 24.3 Å². The summed E-state index contributed by atoms with van der Waals surface area (Å²) in [5, 5.41) is 0.246. The molecule has 10 nitrogen and oxygen atoms in total. The van der Waals surface area contributed by atoms with E-state index in [9.17, 15) is 19.2 Å². The number of ether oxygens (including phenoxy) is 6. The number of hydrogen-bond donors (Lipinski definition) is 0. The van der Waals surface area contributed by atoms with Gasteiger partial charge in [0.05, 0.1) is 5.02 Å². The molecule has 0 aromatic heterocycles. The van der Waals surface area contributed by atoms with Crippen LogP contribution in [0.25, 0.3) is 0 Å². The normalized spacial score (nSPS) is 25.1. The van der Waals surface area contributed by atoms with E-state index in [0.29, 0.717) is 0 Å². The standard InChI is InChI=1S/C20H23ClO10/c1-10(22)26-9-16-17(27-11(2)23)18(28-12(3)24)19(29-13(4)25)20(31-16)30-15-8-6-5-7-14(15)21/h5-8,16-20H,9H2,1-4H3/t16?,17-,18+,19?,20-/m1/s1. The van der Waals surface area contributed by atoms with Crippen LogP contribution in [-0.4, -0.2) is 61.2 Å². The van der Waals surface area contributed by atoms with Crippen LogP contribution in [0.5, 0.6) is 5.75 Å². The van der Waals surface area contributed by atoms with Gasteiger partial charge in [0.25, 0.3) is 0 Å². The summed E-state index contributed by atoms with van der Waals surface area (Å²) in [6.07, 6.45) is -6.32. The highest BCUT2D eigenvalue weighted by molar-refractivity contribution is 6.32. The zero-order valence-corrected chi connectivity index (χ0v) is 18.1. The molecule has 170 valence electrons. The number of rotatable bonds is 7. The third kappa shape index (κ3) is 7.11. The van der Waals surface area contributed by atoms with Gasteiger partial charge in [0.15, 0.2) is 12.2 Å². The lowest BCUT2D eigenvalue weighted by atomic mass is 9.98. The van der Waals surface area contributed by atoms with Crippen LogP contribution in [-0.2, 0) is 42.9 Å². The average Bonchev–Trinajstić information content (AvgIpc) is 2.65. The molecule has 11 heteroatoms. The summed E-state index contributed by atoms with van der Waals surface area (Å²) in [6.45, 7) is 4.26. The minimum atomic E-state index is -1.33. The molecule has 1 aromatic rings. The molecule has 5 atom stereocenters. The van der Waals surface area contributed by atoms with E-state index in [0.717, 1.165) is 20.8 Å². The van der Waals surface area contributed by atoms with Crippen molar-refractivity contribution in [2.24, 2.45) is 0 Å². The molecule has 1 fully saturated rings. The van der Waals surface area contributed by atoms with Gasteiger partial charge in [-0.25, -0.2) is 0 Å². The molecule has 0 bridgehead atoms. The molecular weight excluding hydrogens is 436 g/mol. The number of hydrogen-bond acceptors (Lipinski definition) is 10. The highest BCUT2D eigenvalue weighted by atomic mass is 35.5. The second-order valence-corrected chi connectivity index (χ2v) is 7.02. The van der Waals surface area contributed by atoms with Crippen molar-refractivity contribution < 1.29 is 47.6 Å². The quantitative estimate of drug-likeness (QED) is 0.441. The highest BCUT2D eigenvalue weighted by Crippen LogP contribution is 2.33. The molecule has 0 saturated carbocycles. The van der Waals surface area contributed by atoms with Gasteiger partial charge in [0, 0.05) is 27.7 Å². The maximum absolute atomic E-state index is 11.8. The molecule has 0 spiro atoms.